The van der Waals surface area contributed by atoms with Crippen LogP contribution in [0.1, 0.15) is 12.8 Å². The van der Waals surface area contributed by atoms with Crippen LogP contribution in [0.15, 0.2) is 42.5 Å². The first kappa shape index (κ1) is 22.3. The summed E-state index contributed by atoms with van der Waals surface area (Å²) in [6.07, 6.45) is -0.279. The second-order valence-corrected chi connectivity index (χ2v) is 7.03. The Morgan fingerprint density at radius 1 is 1.16 bits per heavy atom. The van der Waals surface area contributed by atoms with Crippen LogP contribution < -0.4 is 15.4 Å². The van der Waals surface area contributed by atoms with Crippen LogP contribution in [0.3, 0.4) is 0 Å². The van der Waals surface area contributed by atoms with E-state index in [2.05, 4.69) is 20.5 Å². The number of aromatic nitrogens is 1. The number of carbonyl (C=O) groups is 1. The fraction of sp³-hybridized carbons (Fsp3) is 0.381. The fourth-order valence-corrected chi connectivity index (χ4v) is 3.25. The summed E-state index contributed by atoms with van der Waals surface area (Å²) in [6.45, 7) is 1.21. The van der Waals surface area contributed by atoms with Crippen molar-refractivity contribution in [1.29, 1.82) is 0 Å². The Bertz CT molecular complexity index is 1020. The van der Waals surface area contributed by atoms with E-state index in [1.165, 1.54) is 0 Å². The number of amides is 1. The van der Waals surface area contributed by atoms with Crippen LogP contribution in [0.4, 0.5) is 0 Å². The van der Waals surface area contributed by atoms with Crippen molar-refractivity contribution in [3.8, 4) is 5.75 Å². The van der Waals surface area contributed by atoms with Crippen molar-refractivity contribution in [3.05, 3.63) is 52.6 Å². The molecule has 1 amide bonds. The molecule has 31 heavy (non-hydrogen) atoms. The van der Waals surface area contributed by atoms with Crippen LogP contribution >= 0.6 is 0 Å². The lowest BCUT2D eigenvalue weighted by Crippen LogP contribution is -2.37. The van der Waals surface area contributed by atoms with Crippen molar-refractivity contribution in [2.75, 3.05) is 32.8 Å². The molecule has 3 rings (SSSR count). The first-order chi connectivity index (χ1) is 15.0. The van der Waals surface area contributed by atoms with E-state index in [0.29, 0.717) is 25.4 Å². The Morgan fingerprint density at radius 2 is 1.97 bits per heavy atom. The number of hydrogen-bond donors (Lipinski definition) is 4. The second kappa shape index (κ2) is 11.1. The number of H-pyrrole nitrogens is 1. The first-order valence-corrected chi connectivity index (χ1v) is 10.1. The molecule has 0 aliphatic rings. The predicted molar refractivity (Wildman–Crippen MR) is 115 cm³/mol. The van der Waals surface area contributed by atoms with Gasteiger partial charge in [-0.05, 0) is 24.6 Å². The summed E-state index contributed by atoms with van der Waals surface area (Å²) in [6, 6.07) is 13.8. The molecule has 0 saturated heterocycles. The largest absolute Gasteiger partial charge is 0.490 e. The molecule has 1 heterocycles. The quantitative estimate of drug-likeness (QED) is 0.184. The Labute approximate surface area is 178 Å². The third-order valence-corrected chi connectivity index (χ3v) is 4.67. The van der Waals surface area contributed by atoms with Crippen LogP contribution in [-0.4, -0.2) is 60.0 Å². The minimum atomic E-state index is -0.877. The van der Waals surface area contributed by atoms with Gasteiger partial charge in [0.25, 0.3) is 5.09 Å². The van der Waals surface area contributed by atoms with Crippen LogP contribution in [0.25, 0.3) is 21.8 Å². The Hall–Kier alpha value is -3.37. The zero-order valence-electron chi connectivity index (χ0n) is 17.0. The number of ether oxygens (including phenoxy) is 1. The molecular formula is C21H26N4O6. The summed E-state index contributed by atoms with van der Waals surface area (Å²) in [5, 5.41) is 27.1. The van der Waals surface area contributed by atoms with E-state index >= 15 is 0 Å². The lowest BCUT2D eigenvalue weighted by Gasteiger charge is -2.14. The zero-order valence-corrected chi connectivity index (χ0v) is 17.0. The monoisotopic (exact) mass is 430 g/mol. The molecule has 0 radical (unpaired) electrons. The molecule has 2 aromatic carbocycles. The number of aliphatic hydroxyl groups excluding tert-OH is 1. The molecular weight excluding hydrogens is 404 g/mol. The average molecular weight is 430 g/mol. The third kappa shape index (κ3) is 6.56. The number of nitrogens with zero attached hydrogens (tertiary/aromatic N) is 1. The van der Waals surface area contributed by atoms with Gasteiger partial charge in [-0.15, -0.1) is 10.1 Å². The Balaban J connectivity index is 1.35. The topological polar surface area (TPSA) is 139 Å². The molecule has 0 spiro atoms. The summed E-state index contributed by atoms with van der Waals surface area (Å²) >= 11 is 0. The molecule has 166 valence electrons. The summed E-state index contributed by atoms with van der Waals surface area (Å²) in [4.78, 5) is 29.1. The van der Waals surface area contributed by atoms with E-state index < -0.39 is 11.2 Å². The van der Waals surface area contributed by atoms with Gasteiger partial charge < -0.3 is 30.3 Å². The number of aromatic amines is 1. The number of fused-ring (bicyclic) bond motifs is 3. The maximum atomic E-state index is 11.6. The van der Waals surface area contributed by atoms with Gasteiger partial charge in [-0.2, -0.15) is 0 Å². The van der Waals surface area contributed by atoms with E-state index in [-0.39, 0.29) is 32.0 Å². The molecule has 1 atom stereocenters. The SMILES string of the molecule is O=C(CCCO[N+](=O)[O-])NCCNCC(O)COc1cccc2[nH]c3ccccc3c12. The lowest BCUT2D eigenvalue weighted by atomic mass is 10.1. The first-order valence-electron chi connectivity index (χ1n) is 10.1. The predicted octanol–water partition coefficient (Wildman–Crippen LogP) is 1.76. The fourth-order valence-electron chi connectivity index (χ4n) is 3.25. The van der Waals surface area contributed by atoms with E-state index in [0.717, 1.165) is 21.8 Å². The zero-order chi connectivity index (χ0) is 22.1. The lowest BCUT2D eigenvalue weighted by molar-refractivity contribution is -0.757. The average Bonchev–Trinajstić information content (AvgIpc) is 3.14. The third-order valence-electron chi connectivity index (χ3n) is 4.67. The van der Waals surface area contributed by atoms with Crippen LogP contribution in [0, 0.1) is 10.1 Å². The molecule has 0 fully saturated rings. The normalized spacial score (nSPS) is 12.0. The van der Waals surface area contributed by atoms with Crippen molar-refractivity contribution in [3.63, 3.8) is 0 Å². The second-order valence-electron chi connectivity index (χ2n) is 7.03. The highest BCUT2D eigenvalue weighted by molar-refractivity contribution is 6.10. The summed E-state index contributed by atoms with van der Waals surface area (Å²) in [7, 11) is 0. The number of rotatable bonds is 13. The summed E-state index contributed by atoms with van der Waals surface area (Å²) in [5.41, 5.74) is 2.01. The van der Waals surface area contributed by atoms with Crippen molar-refractivity contribution < 1.29 is 24.6 Å². The molecule has 1 aromatic heterocycles. The van der Waals surface area contributed by atoms with Gasteiger partial charge in [0.1, 0.15) is 18.5 Å². The van der Waals surface area contributed by atoms with Gasteiger partial charge >= 0.3 is 0 Å². The number of carbonyl (C=O) groups excluding carboxylic acids is 1. The Morgan fingerprint density at radius 3 is 2.81 bits per heavy atom. The number of nitrogens with one attached hydrogen (secondary N) is 3. The number of para-hydroxylation sites is 1. The number of aliphatic hydroxyl groups is 1. The maximum Gasteiger partial charge on any atom is 0.294 e. The minimum Gasteiger partial charge on any atom is -0.490 e. The standard InChI is InChI=1S/C21H26N4O6/c26-15(13-22-10-11-23-20(27)9-4-12-31-25(28)29)14-30-19-8-3-7-18-21(19)16-5-1-2-6-17(16)24-18/h1-3,5-8,15,22,24,26H,4,9-14H2,(H,23,27). The molecule has 1 unspecified atom stereocenters. The molecule has 10 nitrogen and oxygen atoms in total. The van der Waals surface area contributed by atoms with Crippen molar-refractivity contribution in [2.45, 2.75) is 18.9 Å². The van der Waals surface area contributed by atoms with Crippen molar-refractivity contribution in [1.82, 2.24) is 15.6 Å². The van der Waals surface area contributed by atoms with E-state index in [9.17, 15) is 20.0 Å². The maximum absolute atomic E-state index is 11.6. The molecule has 0 bridgehead atoms. The van der Waals surface area contributed by atoms with Crippen LogP contribution in [0.5, 0.6) is 5.75 Å². The van der Waals surface area contributed by atoms with Gasteiger partial charge in [-0.3, -0.25) is 4.79 Å². The molecule has 3 aromatic rings. The van der Waals surface area contributed by atoms with E-state index in [4.69, 9.17) is 4.74 Å². The molecule has 4 N–H and O–H groups in total. The molecule has 0 aliphatic heterocycles. The number of benzene rings is 2. The van der Waals surface area contributed by atoms with E-state index in [1.54, 1.807) is 0 Å². The van der Waals surface area contributed by atoms with Gasteiger partial charge in [0.2, 0.25) is 5.91 Å². The summed E-state index contributed by atoms with van der Waals surface area (Å²) < 4.78 is 5.87. The van der Waals surface area contributed by atoms with Gasteiger partial charge in [0.05, 0.1) is 12.1 Å². The Kier molecular flexibility index (Phi) is 8.02. The van der Waals surface area contributed by atoms with Crippen LogP contribution in [-0.2, 0) is 9.63 Å². The van der Waals surface area contributed by atoms with Gasteiger partial charge in [-0.25, -0.2) is 0 Å². The highest BCUT2D eigenvalue weighted by Gasteiger charge is 2.11. The summed E-state index contributed by atoms with van der Waals surface area (Å²) in [5.74, 6) is 0.506. The highest BCUT2D eigenvalue weighted by Crippen LogP contribution is 2.32. The van der Waals surface area contributed by atoms with Gasteiger partial charge in [0.15, 0.2) is 0 Å². The smallest absolute Gasteiger partial charge is 0.294 e. The highest BCUT2D eigenvalue weighted by atomic mass is 16.9. The van der Waals surface area contributed by atoms with E-state index in [1.807, 2.05) is 42.5 Å². The molecule has 10 heteroatoms. The van der Waals surface area contributed by atoms with Crippen molar-refractivity contribution >= 4 is 27.7 Å². The molecule has 0 aliphatic carbocycles. The van der Waals surface area contributed by atoms with Crippen LogP contribution in [0.2, 0.25) is 0 Å². The van der Waals surface area contributed by atoms with Gasteiger partial charge in [-0.1, -0.05) is 24.3 Å². The number of hydrogen-bond acceptors (Lipinski definition) is 7. The van der Waals surface area contributed by atoms with Gasteiger partial charge in [0, 0.05) is 42.3 Å². The molecule has 0 saturated carbocycles. The minimum absolute atomic E-state index is 0.100. The van der Waals surface area contributed by atoms with Crippen molar-refractivity contribution in [2.24, 2.45) is 0 Å².